The molecule has 0 saturated carbocycles. The van der Waals surface area contributed by atoms with Crippen molar-refractivity contribution in [3.05, 3.63) is 36.9 Å². The summed E-state index contributed by atoms with van der Waals surface area (Å²) >= 11 is 0. The molecule has 4 nitrogen and oxygen atoms in total. The predicted octanol–water partition coefficient (Wildman–Crippen LogP) is 1.20. The highest BCUT2D eigenvalue weighted by atomic mass is 32.2. The second-order valence-corrected chi connectivity index (χ2v) is 4.53. The Bertz CT molecular complexity index is 426. The van der Waals surface area contributed by atoms with Gasteiger partial charge in [0.1, 0.15) is 0 Å². The van der Waals surface area contributed by atoms with Gasteiger partial charge in [0.05, 0.1) is 17.1 Å². The number of nitrogen functional groups attached to an aromatic ring is 1. The number of benzene rings is 1. The van der Waals surface area contributed by atoms with Gasteiger partial charge >= 0.3 is 0 Å². The maximum atomic E-state index is 11.3. The van der Waals surface area contributed by atoms with Crippen molar-refractivity contribution in [2.75, 3.05) is 16.2 Å². The van der Waals surface area contributed by atoms with Gasteiger partial charge in [0, 0.05) is 0 Å². The molecule has 5 heteroatoms. The van der Waals surface area contributed by atoms with Crippen LogP contribution in [-0.4, -0.2) is 14.2 Å². The molecule has 0 spiro atoms. The average Bonchev–Trinajstić information content (AvgIpc) is 2.08. The minimum atomic E-state index is -3.36. The van der Waals surface area contributed by atoms with Gasteiger partial charge in [0.15, 0.2) is 0 Å². The first-order chi connectivity index (χ1) is 6.55. The molecule has 3 N–H and O–H groups in total. The van der Waals surface area contributed by atoms with E-state index in [1.807, 2.05) is 0 Å². The molecule has 0 aromatic heterocycles. The number of hydrogen-bond donors (Lipinski definition) is 2. The van der Waals surface area contributed by atoms with Crippen LogP contribution in [0.5, 0.6) is 0 Å². The summed E-state index contributed by atoms with van der Waals surface area (Å²) in [7, 11) is -3.36. The number of rotatable bonds is 4. The van der Waals surface area contributed by atoms with Gasteiger partial charge < -0.3 is 5.73 Å². The third-order valence-electron chi connectivity index (χ3n) is 1.56. The van der Waals surface area contributed by atoms with E-state index in [4.69, 9.17) is 5.73 Å². The fourth-order valence-electron chi connectivity index (χ4n) is 0.954. The summed E-state index contributed by atoms with van der Waals surface area (Å²) in [5.74, 6) is -0.124. The van der Waals surface area contributed by atoms with E-state index in [2.05, 4.69) is 11.3 Å². The van der Waals surface area contributed by atoms with Gasteiger partial charge in [-0.2, -0.15) is 0 Å². The SMILES string of the molecule is C=CCS(=O)(=O)Nc1ccccc1N. The lowest BCUT2D eigenvalue weighted by Crippen LogP contribution is -2.16. The van der Waals surface area contributed by atoms with Crippen LogP contribution in [-0.2, 0) is 10.0 Å². The Morgan fingerprint density at radius 3 is 2.64 bits per heavy atom. The number of nitrogens with one attached hydrogen (secondary N) is 1. The second-order valence-electron chi connectivity index (χ2n) is 2.76. The molecule has 0 radical (unpaired) electrons. The van der Waals surface area contributed by atoms with Crippen molar-refractivity contribution in [2.24, 2.45) is 0 Å². The van der Waals surface area contributed by atoms with Gasteiger partial charge in [-0.25, -0.2) is 8.42 Å². The molecule has 0 unspecified atom stereocenters. The highest BCUT2D eigenvalue weighted by Crippen LogP contribution is 2.18. The lowest BCUT2D eigenvalue weighted by Gasteiger charge is -2.07. The molecule has 1 aromatic rings. The molecule has 1 rings (SSSR count). The monoisotopic (exact) mass is 212 g/mol. The summed E-state index contributed by atoms with van der Waals surface area (Å²) in [4.78, 5) is 0. The number of anilines is 2. The molecule has 0 aliphatic rings. The van der Waals surface area contributed by atoms with Gasteiger partial charge in [0.25, 0.3) is 0 Å². The van der Waals surface area contributed by atoms with E-state index in [1.165, 1.54) is 6.08 Å². The van der Waals surface area contributed by atoms with Gasteiger partial charge in [-0.3, -0.25) is 4.72 Å². The quantitative estimate of drug-likeness (QED) is 0.581. The fourth-order valence-corrected chi connectivity index (χ4v) is 1.87. The van der Waals surface area contributed by atoms with Crippen LogP contribution in [0.2, 0.25) is 0 Å². The first-order valence-electron chi connectivity index (χ1n) is 4.01. The van der Waals surface area contributed by atoms with Crippen molar-refractivity contribution in [3.63, 3.8) is 0 Å². The predicted molar refractivity (Wildman–Crippen MR) is 58.5 cm³/mol. The lowest BCUT2D eigenvalue weighted by atomic mass is 10.3. The number of nitrogens with two attached hydrogens (primary N) is 1. The summed E-state index contributed by atoms with van der Waals surface area (Å²) in [6, 6.07) is 6.69. The molecule has 0 saturated heterocycles. The van der Waals surface area contributed by atoms with E-state index in [0.717, 1.165) is 0 Å². The third kappa shape index (κ3) is 2.77. The minimum Gasteiger partial charge on any atom is -0.397 e. The van der Waals surface area contributed by atoms with Crippen LogP contribution in [0.4, 0.5) is 11.4 Å². The van der Waals surface area contributed by atoms with Gasteiger partial charge in [-0.1, -0.05) is 18.2 Å². The highest BCUT2D eigenvalue weighted by Gasteiger charge is 2.08. The van der Waals surface area contributed by atoms with Crippen LogP contribution in [0.3, 0.4) is 0 Å². The van der Waals surface area contributed by atoms with Crippen LogP contribution in [0.15, 0.2) is 36.9 Å². The molecular weight excluding hydrogens is 200 g/mol. The van der Waals surface area contributed by atoms with Gasteiger partial charge in [-0.15, -0.1) is 6.58 Å². The molecule has 0 fully saturated rings. The van der Waals surface area contributed by atoms with Crippen molar-refractivity contribution < 1.29 is 8.42 Å². The Labute approximate surface area is 83.5 Å². The van der Waals surface area contributed by atoms with E-state index >= 15 is 0 Å². The number of sulfonamides is 1. The van der Waals surface area contributed by atoms with Gasteiger partial charge in [0.2, 0.25) is 10.0 Å². The first kappa shape index (κ1) is 10.6. The molecule has 0 aliphatic carbocycles. The van der Waals surface area contributed by atoms with Gasteiger partial charge in [-0.05, 0) is 12.1 Å². The first-order valence-corrected chi connectivity index (χ1v) is 5.66. The van der Waals surface area contributed by atoms with Crippen molar-refractivity contribution in [3.8, 4) is 0 Å². The molecule has 76 valence electrons. The Kier molecular flexibility index (Phi) is 3.14. The maximum absolute atomic E-state index is 11.3. The summed E-state index contributed by atoms with van der Waals surface area (Å²) in [5, 5.41) is 0. The van der Waals surface area contributed by atoms with Crippen LogP contribution in [0, 0.1) is 0 Å². The zero-order valence-electron chi connectivity index (χ0n) is 7.60. The summed E-state index contributed by atoms with van der Waals surface area (Å²) in [6.07, 6.45) is 1.32. The van der Waals surface area contributed by atoms with Crippen LogP contribution in [0.1, 0.15) is 0 Å². The molecule has 1 aromatic carbocycles. The molecule has 0 aliphatic heterocycles. The highest BCUT2D eigenvalue weighted by molar-refractivity contribution is 7.92. The van der Waals surface area contributed by atoms with Crippen molar-refractivity contribution in [2.45, 2.75) is 0 Å². The Morgan fingerprint density at radius 1 is 1.43 bits per heavy atom. The Morgan fingerprint density at radius 2 is 2.07 bits per heavy atom. The molecular formula is C9H12N2O2S. The molecule has 0 bridgehead atoms. The van der Waals surface area contributed by atoms with Crippen LogP contribution in [0.25, 0.3) is 0 Å². The number of hydrogen-bond acceptors (Lipinski definition) is 3. The normalized spacial score (nSPS) is 10.9. The van der Waals surface area contributed by atoms with Crippen molar-refractivity contribution >= 4 is 21.4 Å². The van der Waals surface area contributed by atoms with E-state index in [0.29, 0.717) is 11.4 Å². The van der Waals surface area contributed by atoms with Crippen molar-refractivity contribution in [1.29, 1.82) is 0 Å². The van der Waals surface area contributed by atoms with Crippen LogP contribution < -0.4 is 10.5 Å². The fraction of sp³-hybridized carbons (Fsp3) is 0.111. The van der Waals surface area contributed by atoms with Crippen molar-refractivity contribution in [1.82, 2.24) is 0 Å². The largest absolute Gasteiger partial charge is 0.397 e. The van der Waals surface area contributed by atoms with E-state index in [1.54, 1.807) is 24.3 Å². The second kappa shape index (κ2) is 4.15. The minimum absolute atomic E-state index is 0.124. The summed E-state index contributed by atoms with van der Waals surface area (Å²) in [6.45, 7) is 3.36. The summed E-state index contributed by atoms with van der Waals surface area (Å²) < 4.78 is 25.0. The molecule has 0 heterocycles. The summed E-state index contributed by atoms with van der Waals surface area (Å²) in [5.41, 5.74) is 6.37. The maximum Gasteiger partial charge on any atom is 0.236 e. The van der Waals surface area contributed by atoms with E-state index in [-0.39, 0.29) is 5.75 Å². The topological polar surface area (TPSA) is 72.2 Å². The Hall–Kier alpha value is -1.49. The zero-order valence-corrected chi connectivity index (χ0v) is 8.42. The molecule has 14 heavy (non-hydrogen) atoms. The van der Waals surface area contributed by atoms with E-state index < -0.39 is 10.0 Å². The lowest BCUT2D eigenvalue weighted by molar-refractivity contribution is 0.604. The average molecular weight is 212 g/mol. The third-order valence-corrected chi connectivity index (χ3v) is 2.77. The number of para-hydroxylation sites is 2. The molecule has 0 atom stereocenters. The Balaban J connectivity index is 2.89. The zero-order chi connectivity index (χ0) is 10.6. The van der Waals surface area contributed by atoms with Crippen LogP contribution >= 0.6 is 0 Å². The molecule has 0 amide bonds. The standard InChI is InChI=1S/C9H12N2O2S/c1-2-7-14(12,13)11-9-6-4-3-5-8(9)10/h2-6,11H,1,7,10H2. The van der Waals surface area contributed by atoms with E-state index in [9.17, 15) is 8.42 Å². The smallest absolute Gasteiger partial charge is 0.236 e.